The molecule has 5 nitrogen and oxygen atoms in total. The molecule has 1 atom stereocenters. The summed E-state index contributed by atoms with van der Waals surface area (Å²) in [7, 11) is 1.99. The molecule has 1 aromatic rings. The predicted molar refractivity (Wildman–Crippen MR) is 95.6 cm³/mol. The molecule has 3 heterocycles. The summed E-state index contributed by atoms with van der Waals surface area (Å²) in [6.07, 6.45) is 8.75. The van der Waals surface area contributed by atoms with E-state index in [4.69, 9.17) is 0 Å². The van der Waals surface area contributed by atoms with Crippen molar-refractivity contribution in [2.75, 3.05) is 26.2 Å². The molecule has 0 N–H and O–H groups in total. The van der Waals surface area contributed by atoms with Crippen LogP contribution >= 0.6 is 0 Å². The van der Waals surface area contributed by atoms with Crippen molar-refractivity contribution in [3.63, 3.8) is 0 Å². The summed E-state index contributed by atoms with van der Waals surface area (Å²) in [5.41, 5.74) is 2.79. The summed E-state index contributed by atoms with van der Waals surface area (Å²) < 4.78 is 1.91. The molecule has 0 radical (unpaired) electrons. The number of unbranched alkanes of at least 4 members (excludes halogenated alkanes) is 1. The van der Waals surface area contributed by atoms with Gasteiger partial charge in [0.25, 0.3) is 0 Å². The average molecular weight is 332 g/mol. The number of piperidine rings is 2. The first-order valence-electron chi connectivity index (χ1n) is 9.50. The van der Waals surface area contributed by atoms with E-state index in [1.165, 1.54) is 24.9 Å². The second kappa shape index (κ2) is 7.26. The van der Waals surface area contributed by atoms with Crippen LogP contribution in [0.5, 0.6) is 0 Å². The minimum atomic E-state index is 0.315. The standard InChI is InChI=1S/C19H32N4O/c1-4-5-11-23-15-19(9-7-18(23)24)8-6-10-22(14-19)13-17-12-21(3)20-16(17)2/h12H,4-11,13-15H2,1-3H3/t19-/m1/s1. The zero-order valence-electron chi connectivity index (χ0n) is 15.6. The van der Waals surface area contributed by atoms with Gasteiger partial charge in [-0.25, -0.2) is 0 Å². The number of carbonyl (C=O) groups excluding carboxylic acids is 1. The molecule has 5 heteroatoms. The normalized spacial score (nSPS) is 25.6. The Balaban J connectivity index is 1.65. The number of nitrogens with zero attached hydrogens (tertiary/aromatic N) is 4. The molecule has 1 spiro atoms. The monoisotopic (exact) mass is 332 g/mol. The molecule has 134 valence electrons. The molecule has 2 fully saturated rings. The summed E-state index contributed by atoms with van der Waals surface area (Å²) in [5, 5.41) is 4.47. The van der Waals surface area contributed by atoms with Gasteiger partial charge in [0.2, 0.25) is 5.91 Å². The maximum Gasteiger partial charge on any atom is 0.222 e. The number of amides is 1. The van der Waals surface area contributed by atoms with E-state index in [2.05, 4.69) is 34.9 Å². The summed E-state index contributed by atoms with van der Waals surface area (Å²) >= 11 is 0. The van der Waals surface area contributed by atoms with Crippen LogP contribution in [0.1, 0.15) is 56.7 Å². The molecule has 0 aromatic carbocycles. The fourth-order valence-electron chi connectivity index (χ4n) is 4.48. The van der Waals surface area contributed by atoms with Gasteiger partial charge in [-0.3, -0.25) is 14.4 Å². The number of hydrogen-bond donors (Lipinski definition) is 0. The van der Waals surface area contributed by atoms with Crippen molar-refractivity contribution >= 4 is 5.91 Å². The van der Waals surface area contributed by atoms with Crippen LogP contribution in [0.4, 0.5) is 0 Å². The van der Waals surface area contributed by atoms with Crippen LogP contribution in [0, 0.1) is 12.3 Å². The molecule has 2 aliphatic rings. The molecule has 1 amide bonds. The highest BCUT2D eigenvalue weighted by molar-refractivity contribution is 5.77. The summed E-state index contributed by atoms with van der Waals surface area (Å²) in [6.45, 7) is 9.48. The molecular formula is C19H32N4O. The summed E-state index contributed by atoms with van der Waals surface area (Å²) in [6, 6.07) is 0. The quantitative estimate of drug-likeness (QED) is 0.832. The van der Waals surface area contributed by atoms with E-state index in [0.29, 0.717) is 11.3 Å². The molecule has 1 aromatic heterocycles. The van der Waals surface area contributed by atoms with Crippen LogP contribution in [-0.4, -0.2) is 51.7 Å². The lowest BCUT2D eigenvalue weighted by atomic mass is 9.73. The van der Waals surface area contributed by atoms with Crippen molar-refractivity contribution in [1.29, 1.82) is 0 Å². The van der Waals surface area contributed by atoms with Gasteiger partial charge >= 0.3 is 0 Å². The second-order valence-corrected chi connectivity index (χ2v) is 7.90. The number of rotatable bonds is 5. The van der Waals surface area contributed by atoms with Crippen LogP contribution in [0.3, 0.4) is 0 Å². The van der Waals surface area contributed by atoms with Crippen molar-refractivity contribution < 1.29 is 4.79 Å². The molecule has 3 rings (SSSR count). The van der Waals surface area contributed by atoms with Crippen molar-refractivity contribution in [3.8, 4) is 0 Å². The number of likely N-dealkylation sites (tertiary alicyclic amines) is 2. The smallest absolute Gasteiger partial charge is 0.222 e. The van der Waals surface area contributed by atoms with Gasteiger partial charge in [-0.1, -0.05) is 13.3 Å². The SMILES string of the molecule is CCCCN1C[C@]2(CCCN(Cc3cn(C)nc3C)C2)CCC1=O. The van der Waals surface area contributed by atoms with E-state index in [-0.39, 0.29) is 0 Å². The molecule has 2 aliphatic heterocycles. The topological polar surface area (TPSA) is 41.4 Å². The fraction of sp³-hybridized carbons (Fsp3) is 0.789. The first kappa shape index (κ1) is 17.5. The Kier molecular flexibility index (Phi) is 5.28. The maximum atomic E-state index is 12.2. The molecule has 0 unspecified atom stereocenters. The van der Waals surface area contributed by atoms with Crippen LogP contribution in [0.15, 0.2) is 6.20 Å². The van der Waals surface area contributed by atoms with Crippen molar-refractivity contribution in [3.05, 3.63) is 17.5 Å². The van der Waals surface area contributed by atoms with E-state index in [1.54, 1.807) is 0 Å². The predicted octanol–water partition coefficient (Wildman–Crippen LogP) is 2.73. The first-order valence-corrected chi connectivity index (χ1v) is 9.50. The van der Waals surface area contributed by atoms with Gasteiger partial charge < -0.3 is 4.90 Å². The third kappa shape index (κ3) is 3.82. The van der Waals surface area contributed by atoms with Crippen LogP contribution in [0.2, 0.25) is 0 Å². The van der Waals surface area contributed by atoms with E-state index in [9.17, 15) is 4.79 Å². The van der Waals surface area contributed by atoms with E-state index in [0.717, 1.165) is 57.6 Å². The Bertz CT molecular complexity index is 582. The minimum Gasteiger partial charge on any atom is -0.342 e. The lowest BCUT2D eigenvalue weighted by Gasteiger charge is -2.48. The number of aryl methyl sites for hydroxylation is 2. The van der Waals surface area contributed by atoms with Gasteiger partial charge in [-0.15, -0.1) is 0 Å². The zero-order valence-corrected chi connectivity index (χ0v) is 15.6. The average Bonchev–Trinajstić information content (AvgIpc) is 2.86. The highest BCUT2D eigenvalue weighted by Crippen LogP contribution is 2.39. The van der Waals surface area contributed by atoms with Crippen LogP contribution in [-0.2, 0) is 18.4 Å². The molecule has 0 bridgehead atoms. The number of carbonyl (C=O) groups is 1. The molecule has 2 saturated heterocycles. The Morgan fingerprint density at radius 3 is 2.83 bits per heavy atom. The van der Waals surface area contributed by atoms with Gasteiger partial charge in [-0.05, 0) is 39.2 Å². The van der Waals surface area contributed by atoms with Gasteiger partial charge in [0.15, 0.2) is 0 Å². The van der Waals surface area contributed by atoms with Crippen molar-refractivity contribution in [2.45, 2.75) is 58.9 Å². The molecular weight excluding hydrogens is 300 g/mol. The summed E-state index contributed by atoms with van der Waals surface area (Å²) in [5.74, 6) is 0.370. The Morgan fingerprint density at radius 2 is 2.12 bits per heavy atom. The van der Waals surface area contributed by atoms with Gasteiger partial charge in [0.05, 0.1) is 5.69 Å². The van der Waals surface area contributed by atoms with Crippen molar-refractivity contribution in [1.82, 2.24) is 19.6 Å². The largest absolute Gasteiger partial charge is 0.342 e. The second-order valence-electron chi connectivity index (χ2n) is 7.90. The van der Waals surface area contributed by atoms with Gasteiger partial charge in [0.1, 0.15) is 0 Å². The Hall–Kier alpha value is -1.36. The van der Waals surface area contributed by atoms with Crippen molar-refractivity contribution in [2.24, 2.45) is 12.5 Å². The Labute approximate surface area is 146 Å². The van der Waals surface area contributed by atoms with Crippen LogP contribution in [0.25, 0.3) is 0 Å². The zero-order chi connectivity index (χ0) is 17.2. The lowest BCUT2D eigenvalue weighted by molar-refractivity contribution is -0.139. The molecule has 0 aliphatic carbocycles. The van der Waals surface area contributed by atoms with Crippen LogP contribution < -0.4 is 0 Å². The third-order valence-corrected chi connectivity index (χ3v) is 5.78. The number of aromatic nitrogens is 2. The highest BCUT2D eigenvalue weighted by atomic mass is 16.2. The minimum absolute atomic E-state index is 0.315. The van der Waals surface area contributed by atoms with E-state index >= 15 is 0 Å². The third-order valence-electron chi connectivity index (χ3n) is 5.78. The summed E-state index contributed by atoms with van der Waals surface area (Å²) in [4.78, 5) is 17.0. The van der Waals surface area contributed by atoms with Gasteiger partial charge in [0, 0.05) is 56.8 Å². The molecule has 24 heavy (non-hydrogen) atoms. The van der Waals surface area contributed by atoms with E-state index in [1.807, 2.05) is 11.7 Å². The Morgan fingerprint density at radius 1 is 1.29 bits per heavy atom. The maximum absolute atomic E-state index is 12.2. The highest BCUT2D eigenvalue weighted by Gasteiger charge is 2.41. The first-order chi connectivity index (χ1) is 11.5. The molecule has 0 saturated carbocycles. The fourth-order valence-corrected chi connectivity index (χ4v) is 4.48. The number of hydrogen-bond acceptors (Lipinski definition) is 3. The van der Waals surface area contributed by atoms with Gasteiger partial charge in [-0.2, -0.15) is 5.10 Å². The van der Waals surface area contributed by atoms with E-state index < -0.39 is 0 Å². The lowest BCUT2D eigenvalue weighted by Crippen LogP contribution is -2.53.